The fraction of sp³-hybridized carbons (Fsp3) is 0.0820. The van der Waals surface area contributed by atoms with Crippen molar-refractivity contribution >= 4 is 70.9 Å². The second kappa shape index (κ2) is 13.8. The van der Waals surface area contributed by atoms with Crippen molar-refractivity contribution in [3.05, 3.63) is 222 Å². The van der Waals surface area contributed by atoms with Gasteiger partial charge in [0.05, 0.1) is 11.4 Å². The van der Waals surface area contributed by atoms with Crippen LogP contribution in [0.15, 0.2) is 200 Å². The topological polar surface area (TPSA) is 3.24 Å². The Morgan fingerprint density at radius 3 is 1.37 bits per heavy atom. The standard InChI is InChI=1S/C61H45N/c1-38-28-34-57(48-21-9-7-18-43(38)48)62(58-35-29-39(2)44-19-8-10-22-49(44)58)42-31-33-47-46-32-30-41(36-55(46)61(3,4)56(47)37-42)59-51-23-11-13-25-53(51)60(54-26-14-12-24-52(54)59)50-27-15-17-40-16-5-6-20-45(40)50/h5-37H,1-4H3. The molecule has 0 saturated heterocycles. The quantitative estimate of drug-likeness (QED) is 0.157. The van der Waals surface area contributed by atoms with Crippen molar-refractivity contribution in [2.24, 2.45) is 0 Å². The third-order valence-corrected chi connectivity index (χ3v) is 13.9. The van der Waals surface area contributed by atoms with Crippen LogP contribution in [-0.2, 0) is 5.41 Å². The second-order valence-electron chi connectivity index (χ2n) is 17.7. The first kappa shape index (κ1) is 36.4. The Balaban J connectivity index is 1.05. The zero-order valence-electron chi connectivity index (χ0n) is 35.5. The van der Waals surface area contributed by atoms with E-state index in [4.69, 9.17) is 0 Å². The minimum Gasteiger partial charge on any atom is -0.309 e. The molecule has 0 heterocycles. The average Bonchev–Trinajstić information content (AvgIpc) is 3.54. The van der Waals surface area contributed by atoms with E-state index in [1.54, 1.807) is 0 Å². The average molecular weight is 792 g/mol. The van der Waals surface area contributed by atoms with E-state index in [9.17, 15) is 0 Å². The highest BCUT2D eigenvalue weighted by molar-refractivity contribution is 6.23. The molecule has 0 fully saturated rings. The molecule has 11 aromatic carbocycles. The summed E-state index contributed by atoms with van der Waals surface area (Å²) in [6.07, 6.45) is 0. The number of anilines is 3. The Kier molecular flexibility index (Phi) is 8.08. The van der Waals surface area contributed by atoms with Crippen LogP contribution in [0.25, 0.3) is 87.2 Å². The Morgan fingerprint density at radius 1 is 0.339 bits per heavy atom. The van der Waals surface area contributed by atoms with Gasteiger partial charge in [-0.2, -0.15) is 0 Å². The molecule has 0 bridgehead atoms. The molecule has 0 aromatic heterocycles. The van der Waals surface area contributed by atoms with Crippen molar-refractivity contribution in [2.45, 2.75) is 33.1 Å². The van der Waals surface area contributed by atoms with E-state index in [0.29, 0.717) is 0 Å². The van der Waals surface area contributed by atoms with Crippen LogP contribution in [0.1, 0.15) is 36.1 Å². The van der Waals surface area contributed by atoms with Gasteiger partial charge in [-0.1, -0.05) is 184 Å². The third-order valence-electron chi connectivity index (χ3n) is 13.9. The monoisotopic (exact) mass is 791 g/mol. The normalized spacial score (nSPS) is 13.0. The molecule has 0 unspecified atom stereocenters. The molecule has 1 aliphatic rings. The lowest BCUT2D eigenvalue weighted by Crippen LogP contribution is -2.17. The van der Waals surface area contributed by atoms with Crippen LogP contribution in [0.2, 0.25) is 0 Å². The maximum absolute atomic E-state index is 2.50. The van der Waals surface area contributed by atoms with Gasteiger partial charge in [0.25, 0.3) is 0 Å². The molecule has 294 valence electrons. The molecule has 0 amide bonds. The summed E-state index contributed by atoms with van der Waals surface area (Å²) in [5.74, 6) is 0. The summed E-state index contributed by atoms with van der Waals surface area (Å²) in [4.78, 5) is 2.50. The van der Waals surface area contributed by atoms with Crippen LogP contribution < -0.4 is 4.90 Å². The van der Waals surface area contributed by atoms with Crippen LogP contribution >= 0.6 is 0 Å². The predicted octanol–water partition coefficient (Wildman–Crippen LogP) is 17.2. The SMILES string of the molecule is Cc1ccc(N(c2ccc3c(c2)C(C)(C)c2cc(-c4c5ccccc5c(-c5cccc6ccccc56)c5ccccc45)ccc2-3)c2ccc(C)c3ccccc23)c2ccccc12. The summed E-state index contributed by atoms with van der Waals surface area (Å²) in [5, 5.41) is 12.7. The molecule has 0 atom stereocenters. The highest BCUT2D eigenvalue weighted by Crippen LogP contribution is 2.54. The number of benzene rings is 11. The van der Waals surface area contributed by atoms with Crippen LogP contribution in [0.3, 0.4) is 0 Å². The molecular weight excluding hydrogens is 747 g/mol. The van der Waals surface area contributed by atoms with Gasteiger partial charge in [-0.15, -0.1) is 0 Å². The van der Waals surface area contributed by atoms with Gasteiger partial charge in [0.2, 0.25) is 0 Å². The summed E-state index contributed by atoms with van der Waals surface area (Å²) in [5.41, 5.74) is 16.3. The van der Waals surface area contributed by atoms with Gasteiger partial charge in [-0.05, 0) is 143 Å². The molecule has 0 aliphatic heterocycles. The highest BCUT2D eigenvalue weighted by Gasteiger charge is 2.37. The van der Waals surface area contributed by atoms with E-state index < -0.39 is 0 Å². The van der Waals surface area contributed by atoms with Gasteiger partial charge < -0.3 is 4.90 Å². The molecule has 11 aromatic rings. The van der Waals surface area contributed by atoms with Crippen molar-refractivity contribution in [1.82, 2.24) is 0 Å². The zero-order chi connectivity index (χ0) is 41.7. The number of hydrogen-bond acceptors (Lipinski definition) is 1. The van der Waals surface area contributed by atoms with Gasteiger partial charge in [-0.25, -0.2) is 0 Å². The largest absolute Gasteiger partial charge is 0.309 e. The molecule has 0 spiro atoms. The Hall–Kier alpha value is -7.48. The van der Waals surface area contributed by atoms with Crippen molar-refractivity contribution in [3.63, 3.8) is 0 Å². The summed E-state index contributed by atoms with van der Waals surface area (Å²) in [7, 11) is 0. The van der Waals surface area contributed by atoms with Crippen molar-refractivity contribution < 1.29 is 0 Å². The highest BCUT2D eigenvalue weighted by atomic mass is 15.1. The number of hydrogen-bond donors (Lipinski definition) is 0. The molecule has 0 saturated carbocycles. The Labute approximate surface area is 363 Å². The molecule has 1 aliphatic carbocycles. The van der Waals surface area contributed by atoms with E-state index in [-0.39, 0.29) is 5.41 Å². The summed E-state index contributed by atoms with van der Waals surface area (Å²) in [6.45, 7) is 9.26. The minimum absolute atomic E-state index is 0.248. The molecule has 1 nitrogen and oxygen atoms in total. The minimum atomic E-state index is -0.248. The third kappa shape index (κ3) is 5.34. The summed E-state index contributed by atoms with van der Waals surface area (Å²) < 4.78 is 0. The number of nitrogens with zero attached hydrogens (tertiary/aromatic N) is 1. The first-order chi connectivity index (χ1) is 30.4. The van der Waals surface area contributed by atoms with Crippen molar-refractivity contribution in [3.8, 4) is 33.4 Å². The van der Waals surface area contributed by atoms with E-state index in [1.807, 2.05) is 0 Å². The summed E-state index contributed by atoms with van der Waals surface area (Å²) in [6, 6.07) is 74.9. The predicted molar refractivity (Wildman–Crippen MR) is 267 cm³/mol. The van der Waals surface area contributed by atoms with Crippen LogP contribution in [0.4, 0.5) is 17.1 Å². The van der Waals surface area contributed by atoms with Crippen LogP contribution in [-0.4, -0.2) is 0 Å². The van der Waals surface area contributed by atoms with Crippen molar-refractivity contribution in [1.29, 1.82) is 0 Å². The lowest BCUT2D eigenvalue weighted by Gasteiger charge is -2.30. The zero-order valence-corrected chi connectivity index (χ0v) is 35.5. The maximum atomic E-state index is 2.50. The molecule has 62 heavy (non-hydrogen) atoms. The molecular formula is C61H45N. The van der Waals surface area contributed by atoms with Crippen molar-refractivity contribution in [2.75, 3.05) is 4.90 Å². The van der Waals surface area contributed by atoms with E-state index in [0.717, 1.165) is 5.69 Å². The molecule has 12 rings (SSSR count). The van der Waals surface area contributed by atoms with E-state index in [2.05, 4.69) is 233 Å². The maximum Gasteiger partial charge on any atom is 0.0540 e. The van der Waals surface area contributed by atoms with E-state index >= 15 is 0 Å². The van der Waals surface area contributed by atoms with Crippen LogP contribution in [0.5, 0.6) is 0 Å². The molecule has 0 radical (unpaired) electrons. The molecule has 1 heteroatoms. The van der Waals surface area contributed by atoms with Gasteiger partial charge in [-0.3, -0.25) is 0 Å². The summed E-state index contributed by atoms with van der Waals surface area (Å²) >= 11 is 0. The lowest BCUT2D eigenvalue weighted by atomic mass is 9.80. The van der Waals surface area contributed by atoms with Gasteiger partial charge >= 0.3 is 0 Å². The van der Waals surface area contributed by atoms with Gasteiger partial charge in [0.15, 0.2) is 0 Å². The van der Waals surface area contributed by atoms with Gasteiger partial charge in [0, 0.05) is 21.9 Å². The first-order valence-electron chi connectivity index (χ1n) is 21.8. The second-order valence-corrected chi connectivity index (χ2v) is 17.7. The number of fused-ring (bicyclic) bond motifs is 8. The Bertz CT molecular complexity index is 3500. The smallest absolute Gasteiger partial charge is 0.0540 e. The van der Waals surface area contributed by atoms with Gasteiger partial charge in [0.1, 0.15) is 0 Å². The fourth-order valence-electron chi connectivity index (χ4n) is 10.9. The Morgan fingerprint density at radius 2 is 0.790 bits per heavy atom. The number of rotatable bonds is 5. The molecule has 0 N–H and O–H groups in total. The lowest BCUT2D eigenvalue weighted by molar-refractivity contribution is 0.660. The van der Waals surface area contributed by atoms with Crippen LogP contribution in [0, 0.1) is 13.8 Å². The number of aryl methyl sites for hydroxylation is 2. The fourth-order valence-corrected chi connectivity index (χ4v) is 10.9. The van der Waals surface area contributed by atoms with E-state index in [1.165, 1.54) is 121 Å². The first-order valence-corrected chi connectivity index (χ1v) is 21.8.